The summed E-state index contributed by atoms with van der Waals surface area (Å²) >= 11 is 0. The Kier molecular flexibility index (Phi) is 9.11. The third-order valence-corrected chi connectivity index (χ3v) is 2.65. The van der Waals surface area contributed by atoms with E-state index in [4.69, 9.17) is 9.47 Å². The molecule has 0 bridgehead atoms. The highest BCUT2D eigenvalue weighted by Gasteiger charge is 2.06. The lowest BCUT2D eigenvalue weighted by molar-refractivity contribution is 0.391. The van der Waals surface area contributed by atoms with Gasteiger partial charge in [0.1, 0.15) is 11.5 Å². The number of hydrogen-bond donors (Lipinski definition) is 1. The van der Waals surface area contributed by atoms with E-state index in [0.717, 1.165) is 29.6 Å². The Morgan fingerprint density at radius 3 is 2.45 bits per heavy atom. The number of rotatable bonds is 5. The third kappa shape index (κ3) is 5.44. The van der Waals surface area contributed by atoms with Crippen LogP contribution in [0, 0.1) is 0 Å². The number of benzene rings is 1. The van der Waals surface area contributed by atoms with Crippen molar-refractivity contribution >= 4 is 29.9 Å². The molecular weight excluding hydrogens is 369 g/mol. The molecule has 0 spiro atoms. The topological polar surface area (TPSA) is 46.1 Å². The van der Waals surface area contributed by atoms with Gasteiger partial charge in [-0.05, 0) is 19.1 Å². The van der Waals surface area contributed by atoms with E-state index in [1.165, 1.54) is 0 Å². The van der Waals surface area contributed by atoms with Gasteiger partial charge < -0.3 is 19.7 Å². The van der Waals surface area contributed by atoms with Crippen LogP contribution in [0.4, 0.5) is 0 Å². The second-order valence-corrected chi connectivity index (χ2v) is 4.24. The molecule has 0 aromatic heterocycles. The number of ether oxygens (including phenoxy) is 2. The maximum absolute atomic E-state index is 5.36. The number of guanidine groups is 1. The molecule has 0 unspecified atom stereocenters. The van der Waals surface area contributed by atoms with Crippen LogP contribution in [0.15, 0.2) is 23.2 Å². The average Bonchev–Trinajstić information content (AvgIpc) is 2.42. The largest absolute Gasteiger partial charge is 0.497 e. The second-order valence-electron chi connectivity index (χ2n) is 4.24. The van der Waals surface area contributed by atoms with E-state index in [2.05, 4.69) is 10.3 Å². The van der Waals surface area contributed by atoms with Gasteiger partial charge >= 0.3 is 0 Å². The SMILES string of the molecule is CCNC(=NCc1ccc(OC)cc1OC)N(C)C.I. The monoisotopic (exact) mass is 393 g/mol. The maximum atomic E-state index is 5.36. The standard InChI is InChI=1S/C14H23N3O2.HI/c1-6-15-14(17(2)3)16-10-11-7-8-12(18-4)9-13(11)19-5;/h7-9H,6,10H2,1-5H3,(H,15,16);1H. The minimum atomic E-state index is 0. The Morgan fingerprint density at radius 2 is 1.95 bits per heavy atom. The summed E-state index contributed by atoms with van der Waals surface area (Å²) in [7, 11) is 7.22. The van der Waals surface area contributed by atoms with Crippen molar-refractivity contribution in [2.75, 3.05) is 34.9 Å². The Labute approximate surface area is 138 Å². The molecule has 1 aromatic rings. The summed E-state index contributed by atoms with van der Waals surface area (Å²) < 4.78 is 10.5. The van der Waals surface area contributed by atoms with Gasteiger partial charge in [0.2, 0.25) is 0 Å². The van der Waals surface area contributed by atoms with Crippen LogP contribution in [0.1, 0.15) is 12.5 Å². The number of nitrogens with zero attached hydrogens (tertiary/aromatic N) is 2. The molecule has 1 N–H and O–H groups in total. The van der Waals surface area contributed by atoms with Crippen LogP contribution < -0.4 is 14.8 Å². The Hall–Kier alpha value is -1.18. The molecule has 0 radical (unpaired) electrons. The van der Waals surface area contributed by atoms with Gasteiger partial charge in [-0.25, -0.2) is 4.99 Å². The van der Waals surface area contributed by atoms with Crippen molar-refractivity contribution in [1.82, 2.24) is 10.2 Å². The summed E-state index contributed by atoms with van der Waals surface area (Å²) in [6, 6.07) is 5.75. The maximum Gasteiger partial charge on any atom is 0.193 e. The Morgan fingerprint density at radius 1 is 1.25 bits per heavy atom. The smallest absolute Gasteiger partial charge is 0.193 e. The summed E-state index contributed by atoms with van der Waals surface area (Å²) in [5.74, 6) is 2.43. The molecule has 0 saturated carbocycles. The van der Waals surface area contributed by atoms with Gasteiger partial charge in [0.15, 0.2) is 5.96 Å². The zero-order valence-corrected chi connectivity index (χ0v) is 15.1. The number of methoxy groups -OCH3 is 2. The fourth-order valence-corrected chi connectivity index (χ4v) is 1.66. The molecule has 0 aliphatic carbocycles. The number of aliphatic imine (C=N–C) groups is 1. The van der Waals surface area contributed by atoms with Crippen LogP contribution >= 0.6 is 24.0 Å². The first-order chi connectivity index (χ1) is 9.12. The number of hydrogen-bond acceptors (Lipinski definition) is 3. The molecule has 114 valence electrons. The molecule has 0 aliphatic rings. The molecule has 0 saturated heterocycles. The van der Waals surface area contributed by atoms with Crippen molar-refractivity contribution in [3.63, 3.8) is 0 Å². The van der Waals surface area contributed by atoms with Crippen molar-refractivity contribution in [1.29, 1.82) is 0 Å². The van der Waals surface area contributed by atoms with Crippen LogP contribution in [0.2, 0.25) is 0 Å². The van der Waals surface area contributed by atoms with Crippen molar-refractivity contribution in [2.45, 2.75) is 13.5 Å². The van der Waals surface area contributed by atoms with Gasteiger partial charge in [0.25, 0.3) is 0 Å². The summed E-state index contributed by atoms with van der Waals surface area (Å²) in [6.07, 6.45) is 0. The molecule has 0 heterocycles. The average molecular weight is 393 g/mol. The Bertz CT molecular complexity index is 436. The van der Waals surface area contributed by atoms with Gasteiger partial charge in [-0.2, -0.15) is 0 Å². The van der Waals surface area contributed by atoms with Crippen LogP contribution in [-0.2, 0) is 6.54 Å². The second kappa shape index (κ2) is 9.68. The van der Waals surface area contributed by atoms with E-state index in [9.17, 15) is 0 Å². The minimum Gasteiger partial charge on any atom is -0.497 e. The van der Waals surface area contributed by atoms with Crippen molar-refractivity contribution < 1.29 is 9.47 Å². The van der Waals surface area contributed by atoms with Crippen molar-refractivity contribution in [2.24, 2.45) is 4.99 Å². The summed E-state index contributed by atoms with van der Waals surface area (Å²) in [5.41, 5.74) is 1.03. The summed E-state index contributed by atoms with van der Waals surface area (Å²) in [6.45, 7) is 3.46. The van der Waals surface area contributed by atoms with E-state index < -0.39 is 0 Å². The van der Waals surface area contributed by atoms with E-state index >= 15 is 0 Å². The van der Waals surface area contributed by atoms with Crippen LogP contribution in [0.5, 0.6) is 11.5 Å². The molecule has 0 amide bonds. The fourth-order valence-electron chi connectivity index (χ4n) is 1.66. The van der Waals surface area contributed by atoms with Crippen molar-refractivity contribution in [3.8, 4) is 11.5 Å². The van der Waals surface area contributed by atoms with Crippen molar-refractivity contribution in [3.05, 3.63) is 23.8 Å². The third-order valence-electron chi connectivity index (χ3n) is 2.65. The van der Waals surface area contributed by atoms with Gasteiger partial charge in [-0.3, -0.25) is 0 Å². The molecule has 0 fully saturated rings. The van der Waals surface area contributed by atoms with Gasteiger partial charge in [0, 0.05) is 32.3 Å². The van der Waals surface area contributed by atoms with E-state index in [1.807, 2.05) is 44.1 Å². The molecular formula is C14H24IN3O2. The fraction of sp³-hybridized carbons (Fsp3) is 0.500. The van der Waals surface area contributed by atoms with Crippen LogP contribution in [0.25, 0.3) is 0 Å². The summed E-state index contributed by atoms with van der Waals surface area (Å²) in [5, 5.41) is 3.22. The molecule has 20 heavy (non-hydrogen) atoms. The van der Waals surface area contributed by atoms with Gasteiger partial charge in [-0.1, -0.05) is 0 Å². The first-order valence-electron chi connectivity index (χ1n) is 6.28. The quantitative estimate of drug-likeness (QED) is 0.474. The lowest BCUT2D eigenvalue weighted by Gasteiger charge is -2.17. The molecule has 5 nitrogen and oxygen atoms in total. The number of nitrogens with one attached hydrogen (secondary N) is 1. The normalized spacial score (nSPS) is 10.6. The molecule has 6 heteroatoms. The highest BCUT2D eigenvalue weighted by atomic mass is 127. The summed E-state index contributed by atoms with van der Waals surface area (Å²) in [4.78, 5) is 6.52. The minimum absolute atomic E-state index is 0. The first kappa shape index (κ1) is 18.8. The molecule has 0 aliphatic heterocycles. The van der Waals surface area contributed by atoms with E-state index in [-0.39, 0.29) is 24.0 Å². The lowest BCUT2D eigenvalue weighted by Crippen LogP contribution is -2.36. The zero-order valence-electron chi connectivity index (χ0n) is 12.8. The highest BCUT2D eigenvalue weighted by Crippen LogP contribution is 2.25. The lowest BCUT2D eigenvalue weighted by atomic mass is 10.2. The predicted molar refractivity (Wildman–Crippen MR) is 93.5 cm³/mol. The van der Waals surface area contributed by atoms with Crippen LogP contribution in [-0.4, -0.2) is 45.7 Å². The first-order valence-corrected chi connectivity index (χ1v) is 6.28. The van der Waals surface area contributed by atoms with E-state index in [1.54, 1.807) is 14.2 Å². The molecule has 0 atom stereocenters. The van der Waals surface area contributed by atoms with E-state index in [0.29, 0.717) is 6.54 Å². The molecule has 1 aromatic carbocycles. The Balaban J connectivity index is 0.00000361. The highest BCUT2D eigenvalue weighted by molar-refractivity contribution is 14.0. The van der Waals surface area contributed by atoms with Crippen LogP contribution in [0.3, 0.4) is 0 Å². The number of halogens is 1. The van der Waals surface area contributed by atoms with Gasteiger partial charge in [0.05, 0.1) is 20.8 Å². The zero-order chi connectivity index (χ0) is 14.3. The predicted octanol–water partition coefficient (Wildman–Crippen LogP) is 2.35. The molecule has 1 rings (SSSR count). The van der Waals surface area contributed by atoms with Gasteiger partial charge in [-0.15, -0.1) is 24.0 Å².